The first-order chi connectivity index (χ1) is 14.7. The van der Waals surface area contributed by atoms with Crippen LogP contribution in [0.2, 0.25) is 0 Å². The van der Waals surface area contributed by atoms with Crippen molar-refractivity contribution in [3.05, 3.63) is 101 Å². The molecule has 31 heavy (non-hydrogen) atoms. The molecule has 0 saturated heterocycles. The molecular weight excluding hydrogens is 378 g/mol. The summed E-state index contributed by atoms with van der Waals surface area (Å²) < 4.78 is 0. The van der Waals surface area contributed by atoms with Gasteiger partial charge in [0.1, 0.15) is 0 Å². The third-order valence-corrected chi connectivity index (χ3v) is 6.32. The van der Waals surface area contributed by atoms with E-state index in [4.69, 9.17) is 5.73 Å². The van der Waals surface area contributed by atoms with Gasteiger partial charge >= 0.3 is 0 Å². The van der Waals surface area contributed by atoms with Gasteiger partial charge in [-0.25, -0.2) is 0 Å². The van der Waals surface area contributed by atoms with Gasteiger partial charge in [0, 0.05) is 41.8 Å². The molecule has 2 aliphatic rings. The number of hydrogen-bond acceptors (Lipinski definition) is 3. The van der Waals surface area contributed by atoms with E-state index >= 15 is 0 Å². The molecule has 2 aliphatic heterocycles. The maximum Gasteiger partial charge on any atom is 0.0447 e. The summed E-state index contributed by atoms with van der Waals surface area (Å²) in [5, 5.41) is 3.30. The molecule has 3 heteroatoms. The minimum absolute atomic E-state index is 0.0886. The quantitative estimate of drug-likeness (QED) is 0.415. The molecule has 0 aromatic heterocycles. The zero-order valence-corrected chi connectivity index (χ0v) is 19.5. The number of benzene rings is 3. The number of anilines is 3. The van der Waals surface area contributed by atoms with Gasteiger partial charge in [-0.2, -0.15) is 0 Å². The van der Waals surface area contributed by atoms with E-state index in [1.807, 2.05) is 18.2 Å². The van der Waals surface area contributed by atoms with Crippen LogP contribution in [0.25, 0.3) is 0 Å². The monoisotopic (exact) mass is 413 g/mol. The van der Waals surface area contributed by atoms with Crippen molar-refractivity contribution in [2.45, 2.75) is 39.5 Å². The van der Waals surface area contributed by atoms with Gasteiger partial charge in [0.25, 0.3) is 0 Å². The summed E-state index contributed by atoms with van der Waals surface area (Å²) in [4.78, 5) is 2.18. The number of allylic oxidation sites excluding steroid dienone is 1. The Labute approximate surface area is 187 Å². The highest BCUT2D eigenvalue weighted by Crippen LogP contribution is 2.45. The normalized spacial score (nSPS) is 15.0. The molecule has 2 heterocycles. The summed E-state index contributed by atoms with van der Waals surface area (Å²) in [6.07, 6.45) is 1.19. The van der Waals surface area contributed by atoms with E-state index in [1.54, 1.807) is 0 Å². The zero-order chi connectivity index (χ0) is 22.6. The van der Waals surface area contributed by atoms with Crippen molar-refractivity contribution in [1.29, 1.82) is 0 Å². The maximum atomic E-state index is 5.53. The second kappa shape index (κ2) is 9.30. The van der Waals surface area contributed by atoms with Crippen LogP contribution in [0.3, 0.4) is 0 Å². The molecule has 0 saturated carbocycles. The lowest BCUT2D eigenvalue weighted by Gasteiger charge is -2.22. The number of fused-ring (bicyclic) bond motifs is 2. The number of nitrogens with one attached hydrogen (secondary N) is 1. The number of rotatable bonds is 0. The lowest BCUT2D eigenvalue weighted by molar-refractivity contribution is 0.643. The summed E-state index contributed by atoms with van der Waals surface area (Å²) in [6.45, 7) is 13.8. The van der Waals surface area contributed by atoms with E-state index in [0.717, 1.165) is 12.2 Å². The van der Waals surface area contributed by atoms with Crippen molar-refractivity contribution in [3.8, 4) is 0 Å². The minimum Gasteiger partial charge on any atom is -0.399 e. The molecule has 3 aromatic carbocycles. The van der Waals surface area contributed by atoms with Crippen LogP contribution in [0.5, 0.6) is 0 Å². The molecule has 0 unspecified atom stereocenters. The molecule has 3 N–H and O–H groups in total. The first-order valence-electron chi connectivity index (χ1n) is 10.9. The van der Waals surface area contributed by atoms with Crippen molar-refractivity contribution < 1.29 is 0 Å². The lowest BCUT2D eigenvalue weighted by Crippen LogP contribution is -2.21. The van der Waals surface area contributed by atoms with Gasteiger partial charge in [-0.15, -0.1) is 0 Å². The number of hydrogen-bond donors (Lipinski definition) is 2. The molecule has 0 fully saturated rings. The van der Waals surface area contributed by atoms with Gasteiger partial charge in [0.15, 0.2) is 0 Å². The SMILES string of the molecule is C=C1N(C)c2ccccc2C1(C)C.Cc1ccc(N)cc1C.c1ccc2c(c1)CCN2. The standard InChI is InChI=1S/C12H15N.C8H9N.C8H11N/c1-9-12(2,3)10-7-5-6-8-11(10)13(9)4;1-2-4-8-7(3-1)5-6-9-8;1-6-3-4-8(9)5-7(6)2/h5-8H,1H2,2-4H3;1-4,9H,5-6H2;3-5H,9H2,1-2H3. The molecule has 0 aliphatic carbocycles. The smallest absolute Gasteiger partial charge is 0.0447 e. The van der Waals surface area contributed by atoms with Gasteiger partial charge in [0.2, 0.25) is 0 Å². The molecule has 162 valence electrons. The van der Waals surface area contributed by atoms with Crippen molar-refractivity contribution in [2.24, 2.45) is 0 Å². The van der Waals surface area contributed by atoms with Crippen LogP contribution in [0.15, 0.2) is 79.0 Å². The maximum absolute atomic E-state index is 5.53. The van der Waals surface area contributed by atoms with Crippen LogP contribution in [0.4, 0.5) is 17.1 Å². The molecule has 3 aromatic rings. The van der Waals surface area contributed by atoms with Crippen LogP contribution >= 0.6 is 0 Å². The van der Waals surface area contributed by atoms with Crippen LogP contribution < -0.4 is 16.0 Å². The van der Waals surface area contributed by atoms with Crippen molar-refractivity contribution in [2.75, 3.05) is 29.5 Å². The van der Waals surface area contributed by atoms with E-state index in [-0.39, 0.29) is 5.41 Å². The van der Waals surface area contributed by atoms with Crippen LogP contribution in [-0.4, -0.2) is 13.6 Å². The van der Waals surface area contributed by atoms with E-state index in [2.05, 4.69) is 100 Å². The predicted molar refractivity (Wildman–Crippen MR) is 136 cm³/mol. The number of aryl methyl sites for hydroxylation is 2. The molecule has 0 atom stereocenters. The highest BCUT2D eigenvalue weighted by Gasteiger charge is 2.36. The predicted octanol–water partition coefficient (Wildman–Crippen LogP) is 6.47. The Morgan fingerprint density at radius 1 is 0.935 bits per heavy atom. The van der Waals surface area contributed by atoms with Gasteiger partial charge < -0.3 is 16.0 Å². The summed E-state index contributed by atoms with van der Waals surface area (Å²) in [6, 6.07) is 22.9. The van der Waals surface area contributed by atoms with E-state index < -0.39 is 0 Å². The first-order valence-corrected chi connectivity index (χ1v) is 10.9. The van der Waals surface area contributed by atoms with Gasteiger partial charge in [0.05, 0.1) is 0 Å². The summed E-state index contributed by atoms with van der Waals surface area (Å²) in [5.41, 5.74) is 15.6. The Morgan fingerprint density at radius 3 is 2.26 bits per heavy atom. The lowest BCUT2D eigenvalue weighted by atomic mass is 9.85. The van der Waals surface area contributed by atoms with Crippen LogP contribution in [0, 0.1) is 13.8 Å². The third kappa shape index (κ3) is 4.93. The Balaban J connectivity index is 0.000000135. The van der Waals surface area contributed by atoms with E-state index in [9.17, 15) is 0 Å². The minimum atomic E-state index is 0.0886. The van der Waals surface area contributed by atoms with Crippen molar-refractivity contribution >= 4 is 17.1 Å². The largest absolute Gasteiger partial charge is 0.399 e. The van der Waals surface area contributed by atoms with E-state index in [1.165, 1.54) is 45.7 Å². The molecule has 3 nitrogen and oxygen atoms in total. The molecule has 0 radical (unpaired) electrons. The topological polar surface area (TPSA) is 41.3 Å². The highest BCUT2D eigenvalue weighted by molar-refractivity contribution is 5.69. The van der Waals surface area contributed by atoms with Gasteiger partial charge in [-0.3, -0.25) is 0 Å². The number of para-hydroxylation sites is 2. The van der Waals surface area contributed by atoms with Gasteiger partial charge in [-0.05, 0) is 66.8 Å². The molecule has 5 rings (SSSR count). The number of likely N-dealkylation sites (N-methyl/N-ethyl adjacent to an activating group) is 1. The van der Waals surface area contributed by atoms with E-state index in [0.29, 0.717) is 0 Å². The number of nitrogens with two attached hydrogens (primary N) is 1. The second-order valence-corrected chi connectivity index (χ2v) is 8.83. The average molecular weight is 414 g/mol. The summed E-state index contributed by atoms with van der Waals surface area (Å²) >= 11 is 0. The Kier molecular flexibility index (Phi) is 6.74. The molecule has 0 spiro atoms. The van der Waals surface area contributed by atoms with Crippen molar-refractivity contribution in [3.63, 3.8) is 0 Å². The molecule has 0 bridgehead atoms. The summed E-state index contributed by atoms with van der Waals surface area (Å²) in [5.74, 6) is 0. The average Bonchev–Trinajstić information content (AvgIpc) is 3.31. The number of nitrogen functional groups attached to an aromatic ring is 1. The molecule has 0 amide bonds. The van der Waals surface area contributed by atoms with Crippen LogP contribution in [-0.2, 0) is 11.8 Å². The Bertz CT molecular complexity index is 1040. The van der Waals surface area contributed by atoms with Gasteiger partial charge in [-0.1, -0.05) is 62.9 Å². The van der Waals surface area contributed by atoms with Crippen LogP contribution in [0.1, 0.15) is 36.1 Å². The summed E-state index contributed by atoms with van der Waals surface area (Å²) in [7, 11) is 2.08. The van der Waals surface area contributed by atoms with Crippen molar-refractivity contribution in [1.82, 2.24) is 0 Å². The third-order valence-electron chi connectivity index (χ3n) is 6.32. The number of nitrogens with zero attached hydrogens (tertiary/aromatic N) is 1. The zero-order valence-electron chi connectivity index (χ0n) is 19.5. The fourth-order valence-electron chi connectivity index (χ4n) is 4.02. The second-order valence-electron chi connectivity index (χ2n) is 8.83. The first kappa shape index (κ1) is 22.5. The Hall–Kier alpha value is -3.20. The fraction of sp³-hybridized carbons (Fsp3) is 0.286. The fourth-order valence-corrected chi connectivity index (χ4v) is 4.02. The highest BCUT2D eigenvalue weighted by atomic mass is 15.1. The molecular formula is C28H35N3. The Morgan fingerprint density at radius 2 is 1.61 bits per heavy atom.